The maximum atomic E-state index is 11.5. The summed E-state index contributed by atoms with van der Waals surface area (Å²) < 4.78 is 18.9. The SMILES string of the molecule is C=CCOC(=O)N1CCCC1C(=O)OC.C=CCOC(=O)N1CCCC1C(=O)OC.C=O.CN=[N+]=[N-]. The average molecular weight is 514 g/mol. The molecule has 0 aliphatic carbocycles. The van der Waals surface area contributed by atoms with Gasteiger partial charge in [0.15, 0.2) is 0 Å². The molecular weight excluding hydrogens is 478 g/mol. The Morgan fingerprint density at radius 3 is 1.47 bits per heavy atom. The van der Waals surface area contributed by atoms with Crippen molar-refractivity contribution >= 4 is 30.9 Å². The Kier molecular flexibility index (Phi) is 20.3. The van der Waals surface area contributed by atoms with E-state index >= 15 is 0 Å². The molecule has 2 aliphatic rings. The molecule has 36 heavy (non-hydrogen) atoms. The highest BCUT2D eigenvalue weighted by atomic mass is 16.6. The molecule has 2 rings (SSSR count). The van der Waals surface area contributed by atoms with Crippen molar-refractivity contribution in [2.45, 2.75) is 37.8 Å². The van der Waals surface area contributed by atoms with Gasteiger partial charge in [-0.3, -0.25) is 9.80 Å². The van der Waals surface area contributed by atoms with Gasteiger partial charge in [0.05, 0.1) is 14.2 Å². The standard InChI is InChI=1S/2C10H15NO4.CH3N3.CH2O/c2*1-3-7-15-10(13)11-6-4-5-8(11)9(12)14-2;1-3-4-2;1-2/h2*3,8H,1,4-7H2,2H3;1H3;1H2. The summed E-state index contributed by atoms with van der Waals surface area (Å²) in [6.07, 6.45) is 4.87. The minimum atomic E-state index is -0.493. The first-order valence-corrected chi connectivity index (χ1v) is 10.8. The molecule has 2 unspecified atom stereocenters. The first kappa shape index (κ1) is 34.1. The summed E-state index contributed by atoms with van der Waals surface area (Å²) in [7, 11) is 4.02. The molecule has 202 valence electrons. The van der Waals surface area contributed by atoms with Gasteiger partial charge in [-0.2, -0.15) is 0 Å². The lowest BCUT2D eigenvalue weighted by atomic mass is 10.2. The molecule has 0 aromatic rings. The highest BCUT2D eigenvalue weighted by Crippen LogP contribution is 2.20. The molecule has 2 aliphatic heterocycles. The zero-order valence-electron chi connectivity index (χ0n) is 21.0. The number of likely N-dealkylation sites (tertiary alicyclic amines) is 2. The summed E-state index contributed by atoms with van der Waals surface area (Å²) in [5.74, 6) is -0.772. The number of rotatable bonds is 6. The lowest BCUT2D eigenvalue weighted by Gasteiger charge is -2.21. The average Bonchev–Trinajstić information content (AvgIpc) is 3.61. The Hall–Kier alpha value is -4.06. The predicted octanol–water partition coefficient (Wildman–Crippen LogP) is 2.63. The summed E-state index contributed by atoms with van der Waals surface area (Å²) >= 11 is 0. The molecule has 0 spiro atoms. The largest absolute Gasteiger partial charge is 0.467 e. The van der Waals surface area contributed by atoms with Crippen LogP contribution in [0, 0.1) is 0 Å². The van der Waals surface area contributed by atoms with Gasteiger partial charge in [-0.15, -0.1) is 0 Å². The number of esters is 2. The summed E-state index contributed by atoms with van der Waals surface area (Å²) in [5.41, 5.74) is 7.33. The minimum absolute atomic E-state index is 0.156. The van der Waals surface area contributed by atoms with Crippen LogP contribution in [0.25, 0.3) is 10.4 Å². The molecule has 14 heteroatoms. The number of methoxy groups -OCH3 is 2. The molecule has 0 aromatic heterocycles. The maximum Gasteiger partial charge on any atom is 0.410 e. The smallest absolute Gasteiger partial charge is 0.410 e. The van der Waals surface area contributed by atoms with Crippen LogP contribution in [0.5, 0.6) is 0 Å². The van der Waals surface area contributed by atoms with Gasteiger partial charge >= 0.3 is 24.1 Å². The quantitative estimate of drug-likeness (QED) is 0.129. The Morgan fingerprint density at radius 2 is 1.22 bits per heavy atom. The van der Waals surface area contributed by atoms with Crippen LogP contribution in [0.2, 0.25) is 0 Å². The molecule has 0 N–H and O–H groups in total. The van der Waals surface area contributed by atoms with E-state index in [9.17, 15) is 19.2 Å². The van der Waals surface area contributed by atoms with Crippen molar-refractivity contribution in [3.05, 3.63) is 35.8 Å². The fourth-order valence-electron chi connectivity index (χ4n) is 3.16. The number of carbonyl (C=O) groups excluding carboxylic acids is 5. The molecular formula is C22H35N5O9. The van der Waals surface area contributed by atoms with Gasteiger partial charge in [0, 0.05) is 25.0 Å². The van der Waals surface area contributed by atoms with Crippen LogP contribution in [-0.2, 0) is 33.3 Å². The van der Waals surface area contributed by atoms with Crippen LogP contribution in [0.15, 0.2) is 30.4 Å². The summed E-state index contributed by atoms with van der Waals surface area (Å²) in [5, 5.41) is 2.92. The van der Waals surface area contributed by atoms with Gasteiger partial charge in [0.1, 0.15) is 32.1 Å². The van der Waals surface area contributed by atoms with Crippen molar-refractivity contribution in [3.63, 3.8) is 0 Å². The highest BCUT2D eigenvalue weighted by molar-refractivity contribution is 5.82. The number of hydrogen-bond acceptors (Lipinski definition) is 10. The van der Waals surface area contributed by atoms with Crippen molar-refractivity contribution in [1.82, 2.24) is 9.80 Å². The molecule has 14 nitrogen and oxygen atoms in total. The Balaban J connectivity index is 0. The number of nitrogens with zero attached hydrogens (tertiary/aromatic N) is 5. The molecule has 0 aromatic carbocycles. The normalized spacial score (nSPS) is 17.1. The summed E-state index contributed by atoms with van der Waals surface area (Å²) in [4.78, 5) is 58.7. The van der Waals surface area contributed by atoms with E-state index < -0.39 is 24.3 Å². The highest BCUT2D eigenvalue weighted by Gasteiger charge is 2.36. The molecule has 2 fully saturated rings. The molecule has 0 radical (unpaired) electrons. The fraction of sp³-hybridized carbons (Fsp3) is 0.591. The third-order valence-electron chi connectivity index (χ3n) is 4.66. The van der Waals surface area contributed by atoms with Crippen LogP contribution >= 0.6 is 0 Å². The fourth-order valence-corrected chi connectivity index (χ4v) is 3.16. The van der Waals surface area contributed by atoms with E-state index in [1.807, 2.05) is 6.79 Å². The van der Waals surface area contributed by atoms with Gasteiger partial charge in [-0.1, -0.05) is 30.4 Å². The minimum Gasteiger partial charge on any atom is -0.467 e. The first-order chi connectivity index (χ1) is 17.3. The lowest BCUT2D eigenvalue weighted by molar-refractivity contribution is -0.146. The van der Waals surface area contributed by atoms with E-state index in [1.165, 1.54) is 43.2 Å². The third-order valence-corrected chi connectivity index (χ3v) is 4.66. The van der Waals surface area contributed by atoms with E-state index in [4.69, 9.17) is 19.8 Å². The number of azide groups is 1. The van der Waals surface area contributed by atoms with Crippen LogP contribution in [0.4, 0.5) is 9.59 Å². The molecule has 2 atom stereocenters. The monoisotopic (exact) mass is 513 g/mol. The van der Waals surface area contributed by atoms with Crippen LogP contribution in [0.3, 0.4) is 0 Å². The summed E-state index contributed by atoms with van der Waals surface area (Å²) in [6, 6.07) is -0.986. The number of carbonyl (C=O) groups is 5. The van der Waals surface area contributed by atoms with E-state index in [2.05, 4.69) is 32.7 Å². The predicted molar refractivity (Wildman–Crippen MR) is 129 cm³/mol. The summed E-state index contributed by atoms with van der Waals surface area (Å²) in [6.45, 7) is 10.3. The van der Waals surface area contributed by atoms with E-state index in [1.54, 1.807) is 0 Å². The second kappa shape index (κ2) is 21.5. The molecule has 0 saturated carbocycles. The number of amides is 2. The van der Waals surface area contributed by atoms with Crippen molar-refractivity contribution in [1.29, 1.82) is 0 Å². The number of ether oxygens (including phenoxy) is 4. The Labute approximate surface area is 210 Å². The van der Waals surface area contributed by atoms with Crippen molar-refractivity contribution < 1.29 is 42.9 Å². The first-order valence-electron chi connectivity index (χ1n) is 10.8. The zero-order valence-corrected chi connectivity index (χ0v) is 21.0. The second-order valence-electron chi connectivity index (χ2n) is 6.77. The van der Waals surface area contributed by atoms with Crippen molar-refractivity contribution in [3.8, 4) is 0 Å². The van der Waals surface area contributed by atoms with Gasteiger partial charge in [-0.05, 0) is 31.2 Å². The molecule has 2 amide bonds. The van der Waals surface area contributed by atoms with Gasteiger partial charge in [0.25, 0.3) is 0 Å². The van der Waals surface area contributed by atoms with Gasteiger partial charge in [-0.25, -0.2) is 19.2 Å². The number of hydrogen-bond donors (Lipinski definition) is 0. The van der Waals surface area contributed by atoms with E-state index in [0.717, 1.165) is 12.8 Å². The van der Waals surface area contributed by atoms with Crippen LogP contribution in [0.1, 0.15) is 25.7 Å². The molecule has 0 bridgehead atoms. The van der Waals surface area contributed by atoms with E-state index in [0.29, 0.717) is 25.9 Å². The lowest BCUT2D eigenvalue weighted by Crippen LogP contribution is -2.41. The van der Waals surface area contributed by atoms with Gasteiger partial charge in [0.2, 0.25) is 0 Å². The Morgan fingerprint density at radius 1 is 0.889 bits per heavy atom. The zero-order chi connectivity index (χ0) is 27.9. The topological polar surface area (TPSA) is 178 Å². The Bertz CT molecular complexity index is 717. The second-order valence-corrected chi connectivity index (χ2v) is 6.77. The molecule has 2 heterocycles. The van der Waals surface area contributed by atoms with Crippen molar-refractivity contribution in [2.24, 2.45) is 5.11 Å². The third kappa shape index (κ3) is 12.4. The van der Waals surface area contributed by atoms with E-state index in [-0.39, 0.29) is 25.2 Å². The van der Waals surface area contributed by atoms with Crippen molar-refractivity contribution in [2.75, 3.05) is 47.6 Å². The van der Waals surface area contributed by atoms with Crippen LogP contribution in [-0.4, -0.2) is 100 Å². The van der Waals surface area contributed by atoms with Crippen LogP contribution < -0.4 is 0 Å². The maximum absolute atomic E-state index is 11.5. The van der Waals surface area contributed by atoms with Gasteiger partial charge < -0.3 is 23.7 Å². The molecule has 2 saturated heterocycles.